The molecule has 0 aliphatic heterocycles. The van der Waals surface area contributed by atoms with Gasteiger partial charge in [-0.15, -0.1) is 5.10 Å². The molecular weight excluding hydrogens is 308 g/mol. The van der Waals surface area contributed by atoms with Gasteiger partial charge in [0.1, 0.15) is 5.82 Å². The van der Waals surface area contributed by atoms with E-state index in [0.717, 1.165) is 22.5 Å². The van der Waals surface area contributed by atoms with Crippen LogP contribution < -0.4 is 0 Å². The summed E-state index contributed by atoms with van der Waals surface area (Å²) in [5.41, 5.74) is 3.87. The van der Waals surface area contributed by atoms with Gasteiger partial charge in [0.25, 0.3) is 5.78 Å². The molecule has 2 heterocycles. The van der Waals surface area contributed by atoms with Gasteiger partial charge in [-0.25, -0.2) is 4.98 Å². The van der Waals surface area contributed by atoms with Crippen molar-refractivity contribution in [3.8, 4) is 22.5 Å². The average molecular weight is 321 g/mol. The topological polar surface area (TPSA) is 43.1 Å². The molecule has 2 aromatic heterocycles. The van der Waals surface area contributed by atoms with Crippen molar-refractivity contribution in [1.82, 2.24) is 19.6 Å². The molecule has 0 aliphatic rings. The van der Waals surface area contributed by atoms with E-state index in [-0.39, 0.29) is 0 Å². The largest absolute Gasteiger partial charge is 0.253 e. The second-order valence-electron chi connectivity index (χ2n) is 5.27. The van der Waals surface area contributed by atoms with Gasteiger partial charge in [-0.2, -0.15) is 9.50 Å². The first kappa shape index (κ1) is 13.9. The highest BCUT2D eigenvalue weighted by Gasteiger charge is 2.12. The molecule has 2 aromatic carbocycles. The fraction of sp³-hybridized carbons (Fsp3) is 0.0556. The number of hydrogen-bond acceptors (Lipinski definition) is 3. The maximum Gasteiger partial charge on any atom is 0.253 e. The predicted molar refractivity (Wildman–Crippen MR) is 91.4 cm³/mol. The molecule has 112 valence electrons. The van der Waals surface area contributed by atoms with Crippen LogP contribution in [0.25, 0.3) is 28.3 Å². The molecule has 4 nitrogen and oxygen atoms in total. The summed E-state index contributed by atoms with van der Waals surface area (Å²) in [6.45, 7) is 1.86. The van der Waals surface area contributed by atoms with Gasteiger partial charge in [0.15, 0.2) is 0 Å². The molecule has 23 heavy (non-hydrogen) atoms. The lowest BCUT2D eigenvalue weighted by atomic mass is 10.1. The SMILES string of the molecule is Cc1nc2nc(-c3ccccc3)cc(-c3ccc(Cl)cc3)n2n1. The van der Waals surface area contributed by atoms with E-state index in [2.05, 4.69) is 15.1 Å². The summed E-state index contributed by atoms with van der Waals surface area (Å²) in [7, 11) is 0. The number of aryl methyl sites for hydroxylation is 1. The van der Waals surface area contributed by atoms with E-state index in [1.807, 2.05) is 67.6 Å². The van der Waals surface area contributed by atoms with Crippen molar-refractivity contribution >= 4 is 17.4 Å². The van der Waals surface area contributed by atoms with Gasteiger partial charge in [-0.3, -0.25) is 0 Å². The Hall–Kier alpha value is -2.72. The van der Waals surface area contributed by atoms with Crippen LogP contribution in [0.5, 0.6) is 0 Å². The van der Waals surface area contributed by atoms with Gasteiger partial charge in [0.05, 0.1) is 11.4 Å². The second-order valence-corrected chi connectivity index (χ2v) is 5.71. The maximum absolute atomic E-state index is 6.00. The van der Waals surface area contributed by atoms with Gasteiger partial charge in [0, 0.05) is 16.1 Å². The average Bonchev–Trinajstić information content (AvgIpc) is 2.96. The number of rotatable bonds is 2. The Balaban J connectivity index is 1.99. The molecule has 0 spiro atoms. The molecule has 0 saturated heterocycles. The summed E-state index contributed by atoms with van der Waals surface area (Å²) in [5.74, 6) is 1.28. The minimum absolute atomic E-state index is 0.591. The van der Waals surface area contributed by atoms with Gasteiger partial charge >= 0.3 is 0 Å². The van der Waals surface area contributed by atoms with Crippen molar-refractivity contribution < 1.29 is 0 Å². The quantitative estimate of drug-likeness (QED) is 0.549. The summed E-state index contributed by atoms with van der Waals surface area (Å²) in [6.07, 6.45) is 0. The van der Waals surface area contributed by atoms with E-state index in [1.165, 1.54) is 0 Å². The first-order chi connectivity index (χ1) is 11.2. The Bertz CT molecular complexity index is 975. The maximum atomic E-state index is 6.00. The van der Waals surface area contributed by atoms with E-state index in [9.17, 15) is 0 Å². The Labute approximate surface area is 138 Å². The van der Waals surface area contributed by atoms with Crippen LogP contribution >= 0.6 is 11.6 Å². The van der Waals surface area contributed by atoms with E-state index in [0.29, 0.717) is 16.6 Å². The molecule has 0 radical (unpaired) electrons. The van der Waals surface area contributed by atoms with Crippen LogP contribution in [0.2, 0.25) is 5.02 Å². The highest BCUT2D eigenvalue weighted by molar-refractivity contribution is 6.30. The summed E-state index contributed by atoms with van der Waals surface area (Å²) in [4.78, 5) is 9.05. The smallest absolute Gasteiger partial charge is 0.211 e. The molecule has 5 heteroatoms. The number of hydrogen-bond donors (Lipinski definition) is 0. The third kappa shape index (κ3) is 2.58. The van der Waals surface area contributed by atoms with Crippen LogP contribution in [-0.2, 0) is 0 Å². The van der Waals surface area contributed by atoms with E-state index in [4.69, 9.17) is 11.6 Å². The zero-order chi connectivity index (χ0) is 15.8. The number of aromatic nitrogens is 4. The Morgan fingerprint density at radius 2 is 1.61 bits per heavy atom. The first-order valence-corrected chi connectivity index (χ1v) is 7.64. The Morgan fingerprint density at radius 3 is 2.35 bits per heavy atom. The summed E-state index contributed by atoms with van der Waals surface area (Å²) >= 11 is 6.00. The number of fused-ring (bicyclic) bond motifs is 1. The molecule has 0 N–H and O–H groups in total. The summed E-state index contributed by atoms with van der Waals surface area (Å²) in [5, 5.41) is 5.16. The molecule has 0 aliphatic carbocycles. The highest BCUT2D eigenvalue weighted by Crippen LogP contribution is 2.26. The molecule has 0 amide bonds. The summed E-state index contributed by atoms with van der Waals surface area (Å²) in [6, 6.07) is 19.8. The zero-order valence-electron chi connectivity index (χ0n) is 12.4. The van der Waals surface area contributed by atoms with Crippen LogP contribution in [-0.4, -0.2) is 19.6 Å². The van der Waals surface area contributed by atoms with Gasteiger partial charge in [0.2, 0.25) is 0 Å². The van der Waals surface area contributed by atoms with Crippen molar-refractivity contribution in [1.29, 1.82) is 0 Å². The molecule has 0 saturated carbocycles. The molecule has 0 unspecified atom stereocenters. The zero-order valence-corrected chi connectivity index (χ0v) is 13.2. The first-order valence-electron chi connectivity index (χ1n) is 7.26. The number of nitrogens with zero attached hydrogens (tertiary/aromatic N) is 4. The molecule has 4 rings (SSSR count). The fourth-order valence-electron chi connectivity index (χ4n) is 2.55. The fourth-order valence-corrected chi connectivity index (χ4v) is 2.68. The van der Waals surface area contributed by atoms with Crippen molar-refractivity contribution in [3.63, 3.8) is 0 Å². The third-order valence-electron chi connectivity index (χ3n) is 3.63. The number of halogens is 1. The van der Waals surface area contributed by atoms with E-state index >= 15 is 0 Å². The van der Waals surface area contributed by atoms with Crippen LogP contribution in [0.3, 0.4) is 0 Å². The third-order valence-corrected chi connectivity index (χ3v) is 3.88. The number of benzene rings is 2. The second kappa shape index (κ2) is 5.48. The lowest BCUT2D eigenvalue weighted by Crippen LogP contribution is -1.98. The summed E-state index contributed by atoms with van der Waals surface area (Å²) < 4.78 is 1.77. The van der Waals surface area contributed by atoms with E-state index in [1.54, 1.807) is 4.52 Å². The van der Waals surface area contributed by atoms with Crippen molar-refractivity contribution in [2.45, 2.75) is 6.92 Å². The van der Waals surface area contributed by atoms with Crippen molar-refractivity contribution in [2.24, 2.45) is 0 Å². The van der Waals surface area contributed by atoms with Crippen molar-refractivity contribution in [3.05, 3.63) is 71.5 Å². The highest BCUT2D eigenvalue weighted by atomic mass is 35.5. The van der Waals surface area contributed by atoms with Gasteiger partial charge in [-0.1, -0.05) is 54.1 Å². The molecule has 0 atom stereocenters. The monoisotopic (exact) mass is 320 g/mol. The Morgan fingerprint density at radius 1 is 0.870 bits per heavy atom. The van der Waals surface area contributed by atoms with Gasteiger partial charge in [-0.05, 0) is 25.1 Å². The van der Waals surface area contributed by atoms with Crippen molar-refractivity contribution in [2.75, 3.05) is 0 Å². The van der Waals surface area contributed by atoms with Crippen LogP contribution in [0.1, 0.15) is 5.82 Å². The Kier molecular flexibility index (Phi) is 3.32. The molecule has 0 fully saturated rings. The van der Waals surface area contributed by atoms with Crippen LogP contribution in [0.15, 0.2) is 60.7 Å². The minimum atomic E-state index is 0.591. The predicted octanol–water partition coefficient (Wildman–Crippen LogP) is 4.42. The molecule has 4 aromatic rings. The van der Waals surface area contributed by atoms with E-state index < -0.39 is 0 Å². The lowest BCUT2D eigenvalue weighted by molar-refractivity contribution is 0.925. The normalized spacial score (nSPS) is 11.0. The van der Waals surface area contributed by atoms with Crippen LogP contribution in [0, 0.1) is 6.92 Å². The molecule has 0 bridgehead atoms. The van der Waals surface area contributed by atoms with Crippen LogP contribution in [0.4, 0.5) is 0 Å². The minimum Gasteiger partial charge on any atom is -0.211 e. The standard InChI is InChI=1S/C18H13ClN4/c1-12-20-18-21-16(13-5-3-2-4-6-13)11-17(23(18)22-12)14-7-9-15(19)10-8-14/h2-11H,1H3. The lowest BCUT2D eigenvalue weighted by Gasteiger charge is -2.08. The van der Waals surface area contributed by atoms with Gasteiger partial charge < -0.3 is 0 Å². The molecular formula is C18H13ClN4.